The Labute approximate surface area is 142 Å². The van der Waals surface area contributed by atoms with Crippen molar-refractivity contribution in [2.75, 3.05) is 5.32 Å². The summed E-state index contributed by atoms with van der Waals surface area (Å²) in [7, 11) is 0. The first-order valence-electron chi connectivity index (χ1n) is 7.05. The first-order chi connectivity index (χ1) is 11.1. The summed E-state index contributed by atoms with van der Waals surface area (Å²) in [6.45, 7) is 2.00. The standard InChI is InChI=1S/C16H14ClN3O2S/c1-10-5-7-13(23-10)15-19-20-16(22-15)18-14(21)8-6-11-3-2-4-12(17)9-11/h2-5,7,9H,6,8H2,1H3,(H,18,20,21). The molecule has 0 saturated carbocycles. The lowest BCUT2D eigenvalue weighted by atomic mass is 10.1. The highest BCUT2D eigenvalue weighted by molar-refractivity contribution is 7.15. The molecule has 0 atom stereocenters. The fourth-order valence-corrected chi connectivity index (χ4v) is 3.06. The first-order valence-corrected chi connectivity index (χ1v) is 8.24. The summed E-state index contributed by atoms with van der Waals surface area (Å²) in [5.74, 6) is 0.232. The van der Waals surface area contributed by atoms with Crippen LogP contribution >= 0.6 is 22.9 Å². The molecule has 23 heavy (non-hydrogen) atoms. The minimum atomic E-state index is -0.178. The number of aryl methyl sites for hydroxylation is 2. The number of halogens is 1. The van der Waals surface area contributed by atoms with E-state index in [1.807, 2.05) is 37.3 Å². The zero-order valence-corrected chi connectivity index (χ0v) is 13.9. The van der Waals surface area contributed by atoms with Crippen molar-refractivity contribution in [3.05, 3.63) is 51.9 Å². The number of hydrogen-bond acceptors (Lipinski definition) is 5. The molecule has 5 nitrogen and oxygen atoms in total. The van der Waals surface area contributed by atoms with E-state index in [4.69, 9.17) is 16.0 Å². The van der Waals surface area contributed by atoms with Gasteiger partial charge in [0.15, 0.2) is 0 Å². The van der Waals surface area contributed by atoms with Crippen molar-refractivity contribution in [1.29, 1.82) is 0 Å². The van der Waals surface area contributed by atoms with Crippen molar-refractivity contribution in [3.63, 3.8) is 0 Å². The fraction of sp³-hybridized carbons (Fsp3) is 0.188. The van der Waals surface area contributed by atoms with E-state index in [1.165, 1.54) is 0 Å². The van der Waals surface area contributed by atoms with Gasteiger partial charge in [-0.1, -0.05) is 28.8 Å². The highest BCUT2D eigenvalue weighted by atomic mass is 35.5. The third-order valence-electron chi connectivity index (χ3n) is 3.15. The van der Waals surface area contributed by atoms with Crippen LogP contribution in [0.4, 0.5) is 6.01 Å². The molecule has 0 fully saturated rings. The highest BCUT2D eigenvalue weighted by Crippen LogP contribution is 2.27. The van der Waals surface area contributed by atoms with E-state index in [1.54, 1.807) is 17.4 Å². The van der Waals surface area contributed by atoms with Gasteiger partial charge in [-0.3, -0.25) is 10.1 Å². The number of thiophene rings is 1. The minimum Gasteiger partial charge on any atom is -0.402 e. The third-order valence-corrected chi connectivity index (χ3v) is 4.38. The maximum absolute atomic E-state index is 12.0. The van der Waals surface area contributed by atoms with Crippen LogP contribution in [-0.4, -0.2) is 16.1 Å². The van der Waals surface area contributed by atoms with Gasteiger partial charge < -0.3 is 4.42 Å². The smallest absolute Gasteiger partial charge is 0.322 e. The Bertz CT molecular complexity index is 828. The number of aromatic nitrogens is 2. The van der Waals surface area contributed by atoms with Crippen LogP contribution < -0.4 is 5.32 Å². The van der Waals surface area contributed by atoms with Crippen LogP contribution in [0.1, 0.15) is 16.9 Å². The van der Waals surface area contributed by atoms with Crippen molar-refractivity contribution < 1.29 is 9.21 Å². The zero-order chi connectivity index (χ0) is 16.2. The van der Waals surface area contributed by atoms with Gasteiger partial charge in [-0.05, 0) is 43.2 Å². The number of amides is 1. The molecule has 7 heteroatoms. The fourth-order valence-electron chi connectivity index (χ4n) is 2.05. The minimum absolute atomic E-state index is 0.113. The Morgan fingerprint density at radius 1 is 1.30 bits per heavy atom. The van der Waals surface area contributed by atoms with Gasteiger partial charge in [0.1, 0.15) is 0 Å². The predicted molar refractivity (Wildman–Crippen MR) is 90.8 cm³/mol. The molecule has 0 aliphatic rings. The number of carbonyl (C=O) groups is 1. The lowest BCUT2D eigenvalue weighted by Crippen LogP contribution is -2.12. The summed E-state index contributed by atoms with van der Waals surface area (Å²) in [5.41, 5.74) is 1.01. The molecule has 2 heterocycles. The molecule has 0 radical (unpaired) electrons. The van der Waals surface area contributed by atoms with Crippen LogP contribution in [0, 0.1) is 6.92 Å². The molecule has 0 aliphatic heterocycles. The van der Waals surface area contributed by atoms with Crippen LogP contribution in [-0.2, 0) is 11.2 Å². The molecule has 0 unspecified atom stereocenters. The largest absolute Gasteiger partial charge is 0.402 e. The summed E-state index contributed by atoms with van der Waals surface area (Å²) in [6.07, 6.45) is 0.910. The van der Waals surface area contributed by atoms with Crippen molar-refractivity contribution in [1.82, 2.24) is 10.2 Å². The molecule has 0 saturated heterocycles. The van der Waals surface area contributed by atoms with Crippen molar-refractivity contribution in [2.45, 2.75) is 19.8 Å². The molecule has 3 rings (SSSR count). The normalized spacial score (nSPS) is 10.7. The van der Waals surface area contributed by atoms with Crippen LogP contribution in [0.25, 0.3) is 10.8 Å². The van der Waals surface area contributed by atoms with E-state index in [-0.39, 0.29) is 11.9 Å². The molecule has 118 valence electrons. The molecular weight excluding hydrogens is 334 g/mol. The summed E-state index contributed by atoms with van der Waals surface area (Å²) in [4.78, 5) is 14.0. The molecule has 0 bridgehead atoms. The summed E-state index contributed by atoms with van der Waals surface area (Å²) >= 11 is 7.48. The molecule has 2 aromatic heterocycles. The lowest BCUT2D eigenvalue weighted by molar-refractivity contribution is -0.116. The van der Waals surface area contributed by atoms with Crippen molar-refractivity contribution >= 4 is 34.9 Å². The number of hydrogen-bond donors (Lipinski definition) is 1. The number of anilines is 1. The Morgan fingerprint density at radius 2 is 2.17 bits per heavy atom. The quantitative estimate of drug-likeness (QED) is 0.745. The number of rotatable bonds is 5. The molecule has 3 aromatic rings. The number of nitrogens with zero attached hydrogens (tertiary/aromatic N) is 2. The van der Waals surface area contributed by atoms with E-state index < -0.39 is 0 Å². The van der Waals surface area contributed by atoms with Crippen LogP contribution in [0.2, 0.25) is 5.02 Å². The lowest BCUT2D eigenvalue weighted by Gasteiger charge is -2.02. The molecule has 1 N–H and O–H groups in total. The molecule has 0 spiro atoms. The second-order valence-corrected chi connectivity index (χ2v) is 6.73. The van der Waals surface area contributed by atoms with Gasteiger partial charge in [-0.15, -0.1) is 16.4 Å². The SMILES string of the molecule is Cc1ccc(-c2nnc(NC(=O)CCc3cccc(Cl)c3)o2)s1. The predicted octanol–water partition coefficient (Wildman–Crippen LogP) is 4.33. The number of nitrogens with one attached hydrogen (secondary N) is 1. The molecule has 0 aliphatic carbocycles. The Morgan fingerprint density at radius 3 is 2.91 bits per heavy atom. The van der Waals surface area contributed by atoms with E-state index in [0.717, 1.165) is 15.3 Å². The van der Waals surface area contributed by atoms with Crippen LogP contribution in [0.3, 0.4) is 0 Å². The van der Waals surface area contributed by atoms with E-state index >= 15 is 0 Å². The monoisotopic (exact) mass is 347 g/mol. The maximum Gasteiger partial charge on any atom is 0.322 e. The van der Waals surface area contributed by atoms with E-state index in [9.17, 15) is 4.79 Å². The summed E-state index contributed by atoms with van der Waals surface area (Å²) < 4.78 is 5.46. The topological polar surface area (TPSA) is 68.0 Å². The third kappa shape index (κ3) is 4.18. The first kappa shape index (κ1) is 15.7. The zero-order valence-electron chi connectivity index (χ0n) is 12.4. The van der Waals surface area contributed by atoms with Crippen LogP contribution in [0.15, 0.2) is 40.8 Å². The van der Waals surface area contributed by atoms with Gasteiger partial charge in [0.05, 0.1) is 4.88 Å². The molecular formula is C16H14ClN3O2S. The summed E-state index contributed by atoms with van der Waals surface area (Å²) in [5, 5.41) is 11.1. The Kier molecular flexibility index (Phi) is 4.73. The summed E-state index contributed by atoms with van der Waals surface area (Å²) in [6, 6.07) is 11.5. The highest BCUT2D eigenvalue weighted by Gasteiger charge is 2.12. The number of carbonyl (C=O) groups excluding carboxylic acids is 1. The van der Waals surface area contributed by atoms with Gasteiger partial charge in [-0.25, -0.2) is 0 Å². The second-order valence-electron chi connectivity index (χ2n) is 5.00. The Balaban J connectivity index is 1.57. The molecule has 1 amide bonds. The average Bonchev–Trinajstić information content (AvgIpc) is 3.14. The van der Waals surface area contributed by atoms with E-state index in [0.29, 0.717) is 23.8 Å². The van der Waals surface area contributed by atoms with Gasteiger partial charge >= 0.3 is 6.01 Å². The number of benzene rings is 1. The van der Waals surface area contributed by atoms with Gasteiger partial charge in [-0.2, -0.15) is 0 Å². The van der Waals surface area contributed by atoms with Crippen LogP contribution in [0.5, 0.6) is 0 Å². The molecule has 1 aromatic carbocycles. The second kappa shape index (κ2) is 6.93. The van der Waals surface area contributed by atoms with Crippen molar-refractivity contribution in [3.8, 4) is 10.8 Å². The van der Waals surface area contributed by atoms with Gasteiger partial charge in [0.25, 0.3) is 5.89 Å². The van der Waals surface area contributed by atoms with Crippen molar-refractivity contribution in [2.24, 2.45) is 0 Å². The van der Waals surface area contributed by atoms with Gasteiger partial charge in [0.2, 0.25) is 5.91 Å². The van der Waals surface area contributed by atoms with E-state index in [2.05, 4.69) is 15.5 Å². The Hall–Kier alpha value is -2.18. The van der Waals surface area contributed by atoms with Gasteiger partial charge in [0, 0.05) is 16.3 Å². The average molecular weight is 348 g/mol. The maximum atomic E-state index is 12.0.